The van der Waals surface area contributed by atoms with Gasteiger partial charge in [-0.05, 0) is 25.8 Å². The molecule has 0 aromatic heterocycles. The summed E-state index contributed by atoms with van der Waals surface area (Å²) in [5, 5.41) is 9.35. The molecule has 0 bridgehead atoms. The van der Waals surface area contributed by atoms with E-state index in [9.17, 15) is 9.90 Å². The van der Waals surface area contributed by atoms with Gasteiger partial charge in [0.15, 0.2) is 0 Å². The lowest BCUT2D eigenvalue weighted by Crippen LogP contribution is -2.44. The molecule has 5 nitrogen and oxygen atoms in total. The lowest BCUT2D eigenvalue weighted by molar-refractivity contribution is -0.134. The smallest absolute Gasteiger partial charge is 0.237 e. The summed E-state index contributed by atoms with van der Waals surface area (Å²) in [4.78, 5) is 16.3. The Balaban J connectivity index is 1.90. The van der Waals surface area contributed by atoms with Crippen LogP contribution in [0.15, 0.2) is 0 Å². The monoisotopic (exact) mass is 256 g/mol. The van der Waals surface area contributed by atoms with Crippen LogP contribution in [-0.2, 0) is 9.53 Å². The van der Waals surface area contributed by atoms with E-state index >= 15 is 0 Å². The van der Waals surface area contributed by atoms with E-state index in [0.29, 0.717) is 19.1 Å². The van der Waals surface area contributed by atoms with E-state index in [2.05, 4.69) is 11.8 Å². The number of likely N-dealkylation sites (tertiary alicyclic amines) is 1. The first kappa shape index (κ1) is 13.8. The highest BCUT2D eigenvalue weighted by molar-refractivity contribution is 5.79. The Morgan fingerprint density at radius 3 is 2.72 bits per heavy atom. The number of hydrogen-bond donors (Lipinski definition) is 1. The number of aliphatic hydroxyl groups is 1. The molecule has 2 aliphatic rings. The minimum atomic E-state index is -0.0691. The minimum Gasteiger partial charge on any atom is -0.394 e. The number of carbonyl (C=O) groups excluding carboxylic acids is 1. The first-order valence-corrected chi connectivity index (χ1v) is 6.86. The molecular formula is C13H24N2O3. The maximum Gasteiger partial charge on any atom is 0.237 e. The summed E-state index contributed by atoms with van der Waals surface area (Å²) in [5.74, 6) is 0.127. The summed E-state index contributed by atoms with van der Waals surface area (Å²) in [7, 11) is 1.66. The van der Waals surface area contributed by atoms with Gasteiger partial charge in [-0.3, -0.25) is 9.69 Å². The standard InChI is InChI=1S/C13H24N2O3/c1-3-14(10-4-5-10)8-13(17)15-7-12(18-2)6-11(15)9-16/h10-12,16H,3-9H2,1-2H3/t11-,12+/m0/s1. The van der Waals surface area contributed by atoms with Crippen LogP contribution in [0.25, 0.3) is 0 Å². The van der Waals surface area contributed by atoms with Gasteiger partial charge < -0.3 is 14.7 Å². The van der Waals surface area contributed by atoms with Crippen LogP contribution < -0.4 is 0 Å². The molecule has 18 heavy (non-hydrogen) atoms. The van der Waals surface area contributed by atoms with Gasteiger partial charge in [0, 0.05) is 19.7 Å². The van der Waals surface area contributed by atoms with Crippen LogP contribution >= 0.6 is 0 Å². The van der Waals surface area contributed by atoms with E-state index in [1.165, 1.54) is 12.8 Å². The summed E-state index contributed by atoms with van der Waals surface area (Å²) < 4.78 is 5.30. The Labute approximate surface area is 109 Å². The van der Waals surface area contributed by atoms with Gasteiger partial charge in [0.05, 0.1) is 25.3 Å². The third kappa shape index (κ3) is 3.02. The summed E-state index contributed by atoms with van der Waals surface area (Å²) in [6, 6.07) is 0.535. The number of methoxy groups -OCH3 is 1. The van der Waals surface area contributed by atoms with Crippen molar-refractivity contribution in [2.45, 2.75) is 44.4 Å². The van der Waals surface area contributed by atoms with Crippen LogP contribution in [0.3, 0.4) is 0 Å². The predicted molar refractivity (Wildman–Crippen MR) is 68.3 cm³/mol. The number of ether oxygens (including phenoxy) is 1. The van der Waals surface area contributed by atoms with E-state index in [1.54, 1.807) is 12.0 Å². The number of amides is 1. The first-order valence-electron chi connectivity index (χ1n) is 6.86. The highest BCUT2D eigenvalue weighted by Gasteiger charge is 2.37. The van der Waals surface area contributed by atoms with Crippen LogP contribution in [0.5, 0.6) is 0 Å². The third-order valence-electron chi connectivity index (χ3n) is 4.05. The van der Waals surface area contributed by atoms with E-state index < -0.39 is 0 Å². The molecule has 1 amide bonds. The van der Waals surface area contributed by atoms with Crippen LogP contribution in [0, 0.1) is 0 Å². The zero-order chi connectivity index (χ0) is 13.1. The van der Waals surface area contributed by atoms with Crippen molar-refractivity contribution in [3.8, 4) is 0 Å². The van der Waals surface area contributed by atoms with Crippen LogP contribution in [-0.4, -0.2) is 72.4 Å². The molecule has 1 N–H and O–H groups in total. The van der Waals surface area contributed by atoms with Crippen molar-refractivity contribution < 1.29 is 14.6 Å². The van der Waals surface area contributed by atoms with Crippen molar-refractivity contribution in [3.63, 3.8) is 0 Å². The molecule has 2 rings (SSSR count). The number of rotatable bonds is 6. The van der Waals surface area contributed by atoms with Crippen molar-refractivity contribution in [2.24, 2.45) is 0 Å². The van der Waals surface area contributed by atoms with E-state index in [-0.39, 0.29) is 24.7 Å². The van der Waals surface area contributed by atoms with Crippen molar-refractivity contribution in [2.75, 3.05) is 33.4 Å². The van der Waals surface area contributed by atoms with Gasteiger partial charge in [0.25, 0.3) is 0 Å². The van der Waals surface area contributed by atoms with E-state index in [4.69, 9.17) is 4.74 Å². The molecule has 0 unspecified atom stereocenters. The molecule has 1 saturated carbocycles. The summed E-state index contributed by atoms with van der Waals surface area (Å²) in [6.45, 7) is 4.14. The maximum atomic E-state index is 12.3. The molecule has 1 saturated heterocycles. The summed E-state index contributed by atoms with van der Waals surface area (Å²) in [6.07, 6.45) is 3.24. The topological polar surface area (TPSA) is 53.0 Å². The van der Waals surface area contributed by atoms with Gasteiger partial charge in [0.1, 0.15) is 0 Å². The van der Waals surface area contributed by atoms with Gasteiger partial charge in [-0.25, -0.2) is 0 Å². The molecule has 0 radical (unpaired) electrons. The SMILES string of the molecule is CCN(CC(=O)N1C[C@H](OC)C[C@H]1CO)C1CC1. The zero-order valence-electron chi connectivity index (χ0n) is 11.3. The fourth-order valence-corrected chi connectivity index (χ4v) is 2.73. The highest BCUT2D eigenvalue weighted by Crippen LogP contribution is 2.27. The van der Waals surface area contributed by atoms with Gasteiger partial charge >= 0.3 is 0 Å². The molecule has 0 aromatic rings. The molecule has 104 valence electrons. The van der Waals surface area contributed by atoms with E-state index in [0.717, 1.165) is 13.0 Å². The zero-order valence-corrected chi connectivity index (χ0v) is 11.3. The molecule has 0 aromatic carbocycles. The van der Waals surface area contributed by atoms with Crippen LogP contribution in [0.2, 0.25) is 0 Å². The van der Waals surface area contributed by atoms with Crippen molar-refractivity contribution in [1.29, 1.82) is 0 Å². The lowest BCUT2D eigenvalue weighted by Gasteiger charge is -2.27. The Hall–Kier alpha value is -0.650. The van der Waals surface area contributed by atoms with Gasteiger partial charge in [-0.15, -0.1) is 0 Å². The largest absolute Gasteiger partial charge is 0.394 e. The van der Waals surface area contributed by atoms with Gasteiger partial charge in [-0.2, -0.15) is 0 Å². The molecule has 0 spiro atoms. The maximum absolute atomic E-state index is 12.3. The normalized spacial score (nSPS) is 28.1. The Morgan fingerprint density at radius 1 is 1.50 bits per heavy atom. The second kappa shape index (κ2) is 5.99. The number of hydrogen-bond acceptors (Lipinski definition) is 4. The predicted octanol–water partition coefficient (Wildman–Crippen LogP) is 0.0789. The fourth-order valence-electron chi connectivity index (χ4n) is 2.73. The van der Waals surface area contributed by atoms with Gasteiger partial charge in [0.2, 0.25) is 5.91 Å². The average molecular weight is 256 g/mol. The molecule has 1 aliphatic carbocycles. The van der Waals surface area contributed by atoms with Crippen LogP contribution in [0.1, 0.15) is 26.2 Å². The van der Waals surface area contributed by atoms with Gasteiger partial charge in [-0.1, -0.05) is 6.92 Å². The number of aliphatic hydroxyl groups excluding tert-OH is 1. The number of nitrogens with zero attached hydrogens (tertiary/aromatic N) is 2. The average Bonchev–Trinajstić information content (AvgIpc) is 3.14. The number of likely N-dealkylation sites (N-methyl/N-ethyl adjacent to an activating group) is 1. The van der Waals surface area contributed by atoms with E-state index in [1.807, 2.05) is 0 Å². The molecule has 2 atom stereocenters. The van der Waals surface area contributed by atoms with Crippen molar-refractivity contribution in [1.82, 2.24) is 9.80 Å². The second-order valence-electron chi connectivity index (χ2n) is 5.27. The molecule has 1 heterocycles. The fraction of sp³-hybridized carbons (Fsp3) is 0.923. The Morgan fingerprint density at radius 2 is 2.22 bits per heavy atom. The molecule has 1 aliphatic heterocycles. The minimum absolute atomic E-state index is 0.0289. The molecular weight excluding hydrogens is 232 g/mol. The summed E-state index contributed by atoms with van der Waals surface area (Å²) >= 11 is 0. The van der Waals surface area contributed by atoms with Crippen molar-refractivity contribution in [3.05, 3.63) is 0 Å². The summed E-state index contributed by atoms with van der Waals surface area (Å²) in [5.41, 5.74) is 0. The second-order valence-corrected chi connectivity index (χ2v) is 5.27. The highest BCUT2D eigenvalue weighted by atomic mass is 16.5. The lowest BCUT2D eigenvalue weighted by atomic mass is 10.2. The van der Waals surface area contributed by atoms with Crippen LogP contribution in [0.4, 0.5) is 0 Å². The first-order chi connectivity index (χ1) is 8.69. The molecule has 5 heteroatoms. The Bertz CT molecular complexity index is 294. The number of carbonyl (C=O) groups is 1. The quantitative estimate of drug-likeness (QED) is 0.731. The third-order valence-corrected chi connectivity index (χ3v) is 4.05. The van der Waals surface area contributed by atoms with Crippen molar-refractivity contribution >= 4 is 5.91 Å². The molecule has 2 fully saturated rings. The Kier molecular flexibility index (Phi) is 4.59.